The van der Waals surface area contributed by atoms with Gasteiger partial charge in [-0.3, -0.25) is 0 Å². The van der Waals surface area contributed by atoms with Crippen LogP contribution in [0.15, 0.2) is 223 Å². The van der Waals surface area contributed by atoms with E-state index in [1.54, 1.807) is 0 Å². The molecule has 0 atom stereocenters. The van der Waals surface area contributed by atoms with Crippen LogP contribution < -0.4 is 4.90 Å². The Labute approximate surface area is 341 Å². The van der Waals surface area contributed by atoms with Crippen LogP contribution in [0.1, 0.15) is 0 Å². The Kier molecular flexibility index (Phi) is 7.54. The van der Waals surface area contributed by atoms with Crippen molar-refractivity contribution in [1.82, 2.24) is 4.57 Å². The first-order valence-electron chi connectivity index (χ1n) is 20.2. The fourth-order valence-corrected chi connectivity index (χ4v) is 9.29. The van der Waals surface area contributed by atoms with Crippen molar-refractivity contribution >= 4 is 82.4 Å². The third-order valence-electron chi connectivity index (χ3n) is 12.0. The first-order chi connectivity index (χ1) is 29.3. The molecule has 0 saturated carbocycles. The zero-order valence-corrected chi connectivity index (χ0v) is 32.1. The van der Waals surface area contributed by atoms with Gasteiger partial charge in [0.25, 0.3) is 0 Å². The van der Waals surface area contributed by atoms with Crippen LogP contribution in [-0.2, 0) is 0 Å². The summed E-state index contributed by atoms with van der Waals surface area (Å²) in [6.45, 7) is 0. The lowest BCUT2D eigenvalue weighted by molar-refractivity contribution is 0.672. The number of para-hydroxylation sites is 1. The lowest BCUT2D eigenvalue weighted by atomic mass is 9.94. The van der Waals surface area contributed by atoms with Crippen LogP contribution in [0.3, 0.4) is 0 Å². The number of furan rings is 1. The Hall–Kier alpha value is -7.88. The van der Waals surface area contributed by atoms with Gasteiger partial charge in [0.1, 0.15) is 11.2 Å². The number of rotatable bonds is 6. The van der Waals surface area contributed by atoms with Crippen LogP contribution in [0.25, 0.3) is 93.2 Å². The predicted octanol–water partition coefficient (Wildman–Crippen LogP) is 15.8. The van der Waals surface area contributed by atoms with Crippen molar-refractivity contribution in [2.45, 2.75) is 0 Å². The molecule has 3 nitrogen and oxygen atoms in total. The van der Waals surface area contributed by atoms with Gasteiger partial charge in [-0.05, 0) is 93.7 Å². The standard InChI is InChI=1S/C56H36N2O/c1-3-14-37(15-4-1)44-20-11-12-21-45(44)40-26-30-42(31-27-40)58-52-25-13-24-51(54(52)49-34-29-38-16-7-9-22-46(38)55(49)58)57(41-18-5-2-6-19-41)43-32-35-53-50(36-43)48-33-28-39-17-8-10-23-47(39)56(48)59-53/h1-36H. The van der Waals surface area contributed by atoms with Gasteiger partial charge in [-0.2, -0.15) is 0 Å². The maximum atomic E-state index is 6.58. The van der Waals surface area contributed by atoms with E-state index in [0.29, 0.717) is 0 Å². The summed E-state index contributed by atoms with van der Waals surface area (Å²) in [4.78, 5) is 2.41. The lowest BCUT2D eigenvalue weighted by Gasteiger charge is -2.26. The normalized spacial score (nSPS) is 11.7. The Morgan fingerprint density at radius 2 is 1.02 bits per heavy atom. The molecule has 12 rings (SSSR count). The molecule has 10 aromatic carbocycles. The molecule has 2 aromatic heterocycles. The molecule has 0 spiro atoms. The molecule has 12 aromatic rings. The number of nitrogens with zero attached hydrogens (tertiary/aromatic N) is 2. The molecule has 0 radical (unpaired) electrons. The second-order valence-electron chi connectivity index (χ2n) is 15.3. The second-order valence-corrected chi connectivity index (χ2v) is 15.3. The van der Waals surface area contributed by atoms with Crippen molar-refractivity contribution in [1.29, 1.82) is 0 Å². The maximum Gasteiger partial charge on any atom is 0.143 e. The van der Waals surface area contributed by atoms with Crippen LogP contribution in [0.5, 0.6) is 0 Å². The van der Waals surface area contributed by atoms with E-state index in [1.165, 1.54) is 54.7 Å². The third-order valence-corrected chi connectivity index (χ3v) is 12.0. The van der Waals surface area contributed by atoms with Gasteiger partial charge in [-0.1, -0.05) is 158 Å². The molecule has 0 aliphatic heterocycles. The molecular weight excluding hydrogens is 717 g/mol. The molecule has 0 fully saturated rings. The van der Waals surface area contributed by atoms with Crippen molar-refractivity contribution in [2.75, 3.05) is 4.90 Å². The summed E-state index contributed by atoms with van der Waals surface area (Å²) < 4.78 is 9.04. The Balaban J connectivity index is 1.09. The van der Waals surface area contributed by atoms with Gasteiger partial charge in [0.15, 0.2) is 0 Å². The van der Waals surface area contributed by atoms with E-state index in [1.807, 2.05) is 0 Å². The van der Waals surface area contributed by atoms with Crippen molar-refractivity contribution in [3.8, 4) is 27.9 Å². The average Bonchev–Trinajstić information content (AvgIpc) is 3.86. The third kappa shape index (κ3) is 5.29. The second kappa shape index (κ2) is 13.4. The predicted molar refractivity (Wildman–Crippen MR) is 249 cm³/mol. The Morgan fingerprint density at radius 3 is 1.78 bits per heavy atom. The van der Waals surface area contributed by atoms with Gasteiger partial charge in [0.2, 0.25) is 0 Å². The monoisotopic (exact) mass is 752 g/mol. The zero-order valence-electron chi connectivity index (χ0n) is 32.1. The quantitative estimate of drug-likeness (QED) is 0.169. The summed E-state index contributed by atoms with van der Waals surface area (Å²) in [5.41, 5.74) is 13.4. The van der Waals surface area contributed by atoms with Crippen molar-refractivity contribution in [3.05, 3.63) is 218 Å². The van der Waals surface area contributed by atoms with Gasteiger partial charge in [0, 0.05) is 49.4 Å². The van der Waals surface area contributed by atoms with E-state index in [4.69, 9.17) is 4.42 Å². The van der Waals surface area contributed by atoms with E-state index in [9.17, 15) is 0 Å². The topological polar surface area (TPSA) is 21.3 Å². The van der Waals surface area contributed by atoms with Gasteiger partial charge in [-0.15, -0.1) is 0 Å². The highest BCUT2D eigenvalue weighted by molar-refractivity contribution is 6.23. The smallest absolute Gasteiger partial charge is 0.143 e. The zero-order chi connectivity index (χ0) is 38.9. The van der Waals surface area contributed by atoms with Crippen LogP contribution in [-0.4, -0.2) is 4.57 Å². The van der Waals surface area contributed by atoms with Crippen LogP contribution in [0, 0.1) is 0 Å². The molecule has 276 valence electrons. The van der Waals surface area contributed by atoms with Crippen molar-refractivity contribution in [2.24, 2.45) is 0 Å². The molecule has 59 heavy (non-hydrogen) atoms. The summed E-state index contributed by atoms with van der Waals surface area (Å²) in [5, 5.41) is 9.34. The van der Waals surface area contributed by atoms with E-state index in [-0.39, 0.29) is 0 Å². The van der Waals surface area contributed by atoms with Crippen LogP contribution in [0.2, 0.25) is 0 Å². The highest BCUT2D eigenvalue weighted by Crippen LogP contribution is 2.47. The van der Waals surface area contributed by atoms with E-state index in [0.717, 1.165) is 55.6 Å². The molecule has 0 saturated heterocycles. The van der Waals surface area contributed by atoms with E-state index in [2.05, 4.69) is 228 Å². The molecule has 0 bridgehead atoms. The first-order valence-corrected chi connectivity index (χ1v) is 20.2. The lowest BCUT2D eigenvalue weighted by Crippen LogP contribution is -2.10. The molecule has 0 amide bonds. The number of benzene rings is 10. The van der Waals surface area contributed by atoms with Crippen LogP contribution in [0.4, 0.5) is 17.1 Å². The summed E-state index contributed by atoms with van der Waals surface area (Å²) >= 11 is 0. The molecule has 0 N–H and O–H groups in total. The molecule has 0 aliphatic carbocycles. The highest BCUT2D eigenvalue weighted by atomic mass is 16.3. The molecule has 0 unspecified atom stereocenters. The average molecular weight is 753 g/mol. The summed E-state index contributed by atoms with van der Waals surface area (Å²) in [6.07, 6.45) is 0. The maximum absolute atomic E-state index is 6.58. The molecular formula is C56H36N2O. The number of hydrogen-bond donors (Lipinski definition) is 0. The highest BCUT2D eigenvalue weighted by Gasteiger charge is 2.23. The van der Waals surface area contributed by atoms with Gasteiger partial charge >= 0.3 is 0 Å². The minimum absolute atomic E-state index is 0.879. The van der Waals surface area contributed by atoms with E-state index < -0.39 is 0 Å². The molecule has 2 heterocycles. The largest absolute Gasteiger partial charge is 0.455 e. The summed E-state index contributed by atoms with van der Waals surface area (Å²) in [7, 11) is 0. The van der Waals surface area contributed by atoms with Gasteiger partial charge < -0.3 is 13.9 Å². The fourth-order valence-electron chi connectivity index (χ4n) is 9.29. The SMILES string of the molecule is c1ccc(-c2ccccc2-c2ccc(-n3c4cccc(N(c5ccccc5)c5ccc6oc7c8ccccc8ccc7c6c5)c4c4ccc5ccccc5c43)cc2)cc1. The first kappa shape index (κ1) is 33.3. The fraction of sp³-hybridized carbons (Fsp3) is 0. The summed E-state index contributed by atoms with van der Waals surface area (Å²) in [5.74, 6) is 0. The number of hydrogen-bond acceptors (Lipinski definition) is 2. The molecule has 0 aliphatic rings. The Bertz CT molecular complexity index is 3540. The van der Waals surface area contributed by atoms with Crippen LogP contribution >= 0.6 is 0 Å². The number of aromatic nitrogens is 1. The van der Waals surface area contributed by atoms with Gasteiger partial charge in [-0.25, -0.2) is 0 Å². The minimum atomic E-state index is 0.879. The van der Waals surface area contributed by atoms with Gasteiger partial charge in [0.05, 0.1) is 16.7 Å². The molecule has 3 heteroatoms. The number of anilines is 3. The summed E-state index contributed by atoms with van der Waals surface area (Å²) in [6, 6.07) is 78.7. The Morgan fingerprint density at radius 1 is 0.390 bits per heavy atom. The van der Waals surface area contributed by atoms with Crippen molar-refractivity contribution in [3.63, 3.8) is 0 Å². The van der Waals surface area contributed by atoms with Crippen molar-refractivity contribution < 1.29 is 4.42 Å². The minimum Gasteiger partial charge on any atom is -0.455 e. The van der Waals surface area contributed by atoms with E-state index >= 15 is 0 Å². The number of fused-ring (bicyclic) bond motifs is 10.